The fraction of sp³-hybridized carbons (Fsp3) is 0.188. The van der Waals surface area contributed by atoms with Crippen LogP contribution in [0.4, 0.5) is 10.7 Å². The number of hydrogen-bond acceptors (Lipinski definition) is 5. The quantitative estimate of drug-likeness (QED) is 0.737. The maximum Gasteiger partial charge on any atom is 0.272 e. The zero-order valence-electron chi connectivity index (χ0n) is 13.5. The summed E-state index contributed by atoms with van der Waals surface area (Å²) >= 11 is 1.23. The first-order chi connectivity index (χ1) is 11.4. The molecule has 0 unspecified atom stereocenters. The maximum atomic E-state index is 12.3. The number of hydrazine groups is 1. The monoisotopic (exact) mass is 346 g/mol. The maximum absolute atomic E-state index is 12.3. The smallest absolute Gasteiger partial charge is 0.272 e. The van der Waals surface area contributed by atoms with Crippen LogP contribution >= 0.6 is 11.3 Å². The number of anilines is 2. The molecule has 126 valence electrons. The summed E-state index contributed by atoms with van der Waals surface area (Å²) in [6, 6.07) is 8.69. The van der Waals surface area contributed by atoms with E-state index in [1.54, 1.807) is 23.6 Å². The molecule has 0 saturated heterocycles. The van der Waals surface area contributed by atoms with E-state index in [9.17, 15) is 14.4 Å². The van der Waals surface area contributed by atoms with Gasteiger partial charge >= 0.3 is 0 Å². The Morgan fingerprint density at radius 2 is 1.62 bits per heavy atom. The summed E-state index contributed by atoms with van der Waals surface area (Å²) in [4.78, 5) is 37.1. The van der Waals surface area contributed by atoms with Crippen LogP contribution in [0, 0.1) is 0 Å². The number of benzene rings is 1. The van der Waals surface area contributed by atoms with E-state index in [-0.39, 0.29) is 17.4 Å². The Balaban J connectivity index is 2.08. The topological polar surface area (TPSA) is 90.5 Å². The average molecular weight is 346 g/mol. The van der Waals surface area contributed by atoms with E-state index in [1.165, 1.54) is 18.3 Å². The lowest BCUT2D eigenvalue weighted by atomic mass is 10.2. The largest absolute Gasteiger partial charge is 0.378 e. The van der Waals surface area contributed by atoms with Crippen molar-refractivity contribution in [3.63, 3.8) is 0 Å². The van der Waals surface area contributed by atoms with Gasteiger partial charge in [0.15, 0.2) is 0 Å². The lowest BCUT2D eigenvalue weighted by Gasteiger charge is -2.12. The number of hydrogen-bond donors (Lipinski definition) is 3. The van der Waals surface area contributed by atoms with Crippen molar-refractivity contribution in [3.8, 4) is 0 Å². The number of thiophene rings is 1. The highest BCUT2D eigenvalue weighted by molar-refractivity contribution is 7.14. The fourth-order valence-electron chi connectivity index (χ4n) is 1.88. The van der Waals surface area contributed by atoms with Gasteiger partial charge in [0.05, 0.1) is 5.56 Å². The van der Waals surface area contributed by atoms with Crippen molar-refractivity contribution in [1.82, 2.24) is 10.9 Å². The van der Waals surface area contributed by atoms with Crippen molar-refractivity contribution < 1.29 is 14.4 Å². The SMILES string of the molecule is CC(=O)NNC(=O)c1ccsc1NC(=O)c1ccc(N(C)C)cc1. The van der Waals surface area contributed by atoms with Crippen LogP contribution in [0.5, 0.6) is 0 Å². The van der Waals surface area contributed by atoms with E-state index in [2.05, 4.69) is 16.2 Å². The molecule has 1 aromatic heterocycles. The van der Waals surface area contributed by atoms with Gasteiger partial charge in [0.25, 0.3) is 11.8 Å². The third-order valence-electron chi connectivity index (χ3n) is 3.13. The summed E-state index contributed by atoms with van der Waals surface area (Å²) < 4.78 is 0. The van der Waals surface area contributed by atoms with E-state index in [0.29, 0.717) is 10.6 Å². The molecule has 2 aromatic rings. The number of amides is 3. The Labute approximate surface area is 143 Å². The zero-order valence-corrected chi connectivity index (χ0v) is 14.4. The van der Waals surface area contributed by atoms with Crippen molar-refractivity contribution in [2.24, 2.45) is 0 Å². The summed E-state index contributed by atoms with van der Waals surface area (Å²) in [5.41, 5.74) is 6.24. The average Bonchev–Trinajstić information content (AvgIpc) is 3.00. The highest BCUT2D eigenvalue weighted by atomic mass is 32.1. The summed E-state index contributed by atoms with van der Waals surface area (Å²) in [6.45, 7) is 1.29. The molecule has 1 aromatic carbocycles. The predicted molar refractivity (Wildman–Crippen MR) is 94.3 cm³/mol. The second kappa shape index (κ2) is 7.60. The molecule has 7 nitrogen and oxygen atoms in total. The van der Waals surface area contributed by atoms with Crippen LogP contribution in [0.1, 0.15) is 27.6 Å². The van der Waals surface area contributed by atoms with Gasteiger partial charge in [0.1, 0.15) is 5.00 Å². The van der Waals surface area contributed by atoms with E-state index < -0.39 is 5.91 Å². The second-order valence-corrected chi connectivity index (χ2v) is 6.11. The predicted octanol–water partition coefficient (Wildman–Crippen LogP) is 1.85. The highest BCUT2D eigenvalue weighted by Gasteiger charge is 2.16. The first kappa shape index (κ1) is 17.5. The minimum Gasteiger partial charge on any atom is -0.378 e. The molecule has 2 rings (SSSR count). The minimum absolute atomic E-state index is 0.284. The molecule has 0 spiro atoms. The van der Waals surface area contributed by atoms with Crippen LogP contribution in [0.2, 0.25) is 0 Å². The minimum atomic E-state index is -0.496. The molecular weight excluding hydrogens is 328 g/mol. The van der Waals surface area contributed by atoms with Crippen molar-refractivity contribution in [1.29, 1.82) is 0 Å². The molecule has 0 fully saturated rings. The molecule has 0 aliphatic carbocycles. The number of carbonyl (C=O) groups excluding carboxylic acids is 3. The number of nitrogens with one attached hydrogen (secondary N) is 3. The van der Waals surface area contributed by atoms with Gasteiger partial charge in [0, 0.05) is 32.3 Å². The van der Waals surface area contributed by atoms with E-state index in [0.717, 1.165) is 5.69 Å². The van der Waals surface area contributed by atoms with Crippen LogP contribution in [0.15, 0.2) is 35.7 Å². The molecule has 0 bridgehead atoms. The van der Waals surface area contributed by atoms with Gasteiger partial charge in [0.2, 0.25) is 5.91 Å². The summed E-state index contributed by atoms with van der Waals surface area (Å²) in [5.74, 6) is -1.19. The van der Waals surface area contributed by atoms with Crippen LogP contribution in [0.3, 0.4) is 0 Å². The van der Waals surface area contributed by atoms with Gasteiger partial charge in [-0.15, -0.1) is 11.3 Å². The molecule has 0 aliphatic heterocycles. The Morgan fingerprint density at radius 3 is 2.21 bits per heavy atom. The molecule has 8 heteroatoms. The van der Waals surface area contributed by atoms with Gasteiger partial charge in [-0.3, -0.25) is 25.2 Å². The number of rotatable bonds is 4. The van der Waals surface area contributed by atoms with Crippen molar-refractivity contribution in [2.75, 3.05) is 24.3 Å². The van der Waals surface area contributed by atoms with Gasteiger partial charge in [-0.25, -0.2) is 0 Å². The summed E-state index contributed by atoms with van der Waals surface area (Å²) in [5, 5.41) is 4.82. The molecule has 0 saturated carbocycles. The molecule has 3 N–H and O–H groups in total. The van der Waals surface area contributed by atoms with E-state index in [4.69, 9.17) is 0 Å². The zero-order chi connectivity index (χ0) is 17.7. The molecule has 24 heavy (non-hydrogen) atoms. The van der Waals surface area contributed by atoms with Gasteiger partial charge in [-0.05, 0) is 35.7 Å². The van der Waals surface area contributed by atoms with E-state index in [1.807, 2.05) is 31.1 Å². The number of carbonyl (C=O) groups is 3. The van der Waals surface area contributed by atoms with E-state index >= 15 is 0 Å². The molecule has 3 amide bonds. The summed E-state index contributed by atoms with van der Waals surface area (Å²) in [6.07, 6.45) is 0. The second-order valence-electron chi connectivity index (χ2n) is 5.19. The highest BCUT2D eigenvalue weighted by Crippen LogP contribution is 2.24. The van der Waals surface area contributed by atoms with Crippen LogP contribution in [-0.2, 0) is 4.79 Å². The summed E-state index contributed by atoms with van der Waals surface area (Å²) in [7, 11) is 3.83. The van der Waals surface area contributed by atoms with Gasteiger partial charge in [-0.2, -0.15) is 0 Å². The molecule has 0 radical (unpaired) electrons. The third-order valence-corrected chi connectivity index (χ3v) is 3.96. The number of nitrogens with zero attached hydrogens (tertiary/aromatic N) is 1. The Bertz CT molecular complexity index is 753. The Morgan fingerprint density at radius 1 is 0.958 bits per heavy atom. The van der Waals surface area contributed by atoms with Crippen LogP contribution in [0.25, 0.3) is 0 Å². The van der Waals surface area contributed by atoms with Crippen molar-refractivity contribution >= 4 is 39.7 Å². The lowest BCUT2D eigenvalue weighted by molar-refractivity contribution is -0.119. The standard InChI is InChI=1S/C16H18N4O3S/c1-10(21)18-19-15(23)13-8-9-24-16(13)17-14(22)11-4-6-12(7-5-11)20(2)3/h4-9H,1-3H3,(H,17,22)(H,18,21)(H,19,23). The molecule has 0 atom stereocenters. The Kier molecular flexibility index (Phi) is 5.54. The molecule has 1 heterocycles. The first-order valence-corrected chi connectivity index (χ1v) is 7.99. The van der Waals surface area contributed by atoms with Crippen molar-refractivity contribution in [2.45, 2.75) is 6.92 Å². The van der Waals surface area contributed by atoms with Gasteiger partial charge in [-0.1, -0.05) is 0 Å². The normalized spacial score (nSPS) is 9.96. The fourth-order valence-corrected chi connectivity index (χ4v) is 2.66. The van der Waals surface area contributed by atoms with Crippen LogP contribution in [-0.4, -0.2) is 31.8 Å². The van der Waals surface area contributed by atoms with Crippen LogP contribution < -0.4 is 21.1 Å². The lowest BCUT2D eigenvalue weighted by Crippen LogP contribution is -2.40. The molecular formula is C16H18N4O3S. The van der Waals surface area contributed by atoms with Gasteiger partial charge < -0.3 is 10.2 Å². The third kappa shape index (κ3) is 4.32. The molecule has 0 aliphatic rings. The van der Waals surface area contributed by atoms with Crippen molar-refractivity contribution in [3.05, 3.63) is 46.8 Å². The first-order valence-electron chi connectivity index (χ1n) is 7.11. The Hall–Kier alpha value is -2.87.